The van der Waals surface area contributed by atoms with Crippen LogP contribution in [0.4, 0.5) is 0 Å². The Bertz CT molecular complexity index is 734. The van der Waals surface area contributed by atoms with Crippen LogP contribution in [0.1, 0.15) is 62.5 Å². The van der Waals surface area contributed by atoms with Crippen molar-refractivity contribution in [1.82, 2.24) is 15.1 Å². The fourth-order valence-corrected chi connectivity index (χ4v) is 5.59. The van der Waals surface area contributed by atoms with Gasteiger partial charge in [-0.2, -0.15) is 0 Å². The van der Waals surface area contributed by atoms with Crippen LogP contribution in [-0.2, 0) is 16.1 Å². The quantitative estimate of drug-likeness (QED) is 0.755. The molecule has 1 saturated carbocycles. The number of rotatable bonds is 6. The molecule has 5 heteroatoms. The van der Waals surface area contributed by atoms with Crippen molar-refractivity contribution in [2.75, 3.05) is 32.7 Å². The Morgan fingerprint density at radius 2 is 1.52 bits per heavy atom. The number of aryl methyl sites for hydroxylation is 1. The molecular formula is C26H39N3O2. The van der Waals surface area contributed by atoms with Crippen molar-refractivity contribution >= 4 is 11.8 Å². The van der Waals surface area contributed by atoms with E-state index in [1.54, 1.807) is 0 Å². The van der Waals surface area contributed by atoms with E-state index in [0.29, 0.717) is 5.92 Å². The number of hydrogen-bond donors (Lipinski definition) is 1. The van der Waals surface area contributed by atoms with Gasteiger partial charge in [-0.25, -0.2) is 0 Å². The summed E-state index contributed by atoms with van der Waals surface area (Å²) >= 11 is 0. The molecule has 31 heavy (non-hydrogen) atoms. The third-order valence-electron chi connectivity index (χ3n) is 7.64. The van der Waals surface area contributed by atoms with E-state index in [-0.39, 0.29) is 23.7 Å². The number of nitrogens with zero attached hydrogens (tertiary/aromatic N) is 2. The molecule has 2 heterocycles. The van der Waals surface area contributed by atoms with Crippen LogP contribution in [-0.4, -0.2) is 54.3 Å². The predicted molar refractivity (Wildman–Crippen MR) is 123 cm³/mol. The maximum Gasteiger partial charge on any atom is 0.226 e. The molecular weight excluding hydrogens is 386 g/mol. The third kappa shape index (κ3) is 5.88. The Morgan fingerprint density at radius 3 is 2.19 bits per heavy atom. The molecule has 0 aromatic heterocycles. The van der Waals surface area contributed by atoms with Gasteiger partial charge in [-0.05, 0) is 70.0 Å². The second kappa shape index (κ2) is 10.6. The summed E-state index contributed by atoms with van der Waals surface area (Å²) in [5.41, 5.74) is 2.68. The van der Waals surface area contributed by atoms with Crippen molar-refractivity contribution in [2.24, 2.45) is 17.8 Å². The summed E-state index contributed by atoms with van der Waals surface area (Å²) in [6.45, 7) is 7.85. The highest BCUT2D eigenvalue weighted by Gasteiger charge is 2.38. The van der Waals surface area contributed by atoms with Gasteiger partial charge < -0.3 is 10.2 Å². The molecule has 2 atom stereocenters. The maximum atomic E-state index is 13.0. The number of carbonyl (C=O) groups is 2. The highest BCUT2D eigenvalue weighted by Crippen LogP contribution is 2.32. The van der Waals surface area contributed by atoms with Crippen LogP contribution in [0.2, 0.25) is 0 Å². The minimum absolute atomic E-state index is 0.0943. The molecule has 1 aromatic rings. The van der Waals surface area contributed by atoms with E-state index in [4.69, 9.17) is 0 Å². The standard InChI is InChI=1S/C26H39N3O2/c1-20-8-10-22(11-9-20)19-28-16-12-21(13-17-28)18-27-25(30)23-6-2-3-7-24(23)26(31)29-14-4-5-15-29/h8-11,21,23-24H,2-7,12-19H2,1H3,(H,27,30). The van der Waals surface area contributed by atoms with E-state index >= 15 is 0 Å². The van der Waals surface area contributed by atoms with Gasteiger partial charge in [0.25, 0.3) is 0 Å². The number of likely N-dealkylation sites (tertiary alicyclic amines) is 2. The van der Waals surface area contributed by atoms with Crippen molar-refractivity contribution in [3.8, 4) is 0 Å². The number of nitrogens with one attached hydrogen (secondary N) is 1. The largest absolute Gasteiger partial charge is 0.356 e. The van der Waals surface area contributed by atoms with E-state index in [1.165, 1.54) is 11.1 Å². The van der Waals surface area contributed by atoms with Crippen LogP contribution in [0, 0.1) is 24.7 Å². The van der Waals surface area contributed by atoms with Crippen molar-refractivity contribution < 1.29 is 9.59 Å². The number of hydrogen-bond acceptors (Lipinski definition) is 3. The molecule has 0 radical (unpaired) electrons. The minimum Gasteiger partial charge on any atom is -0.356 e. The molecule has 1 aliphatic carbocycles. The van der Waals surface area contributed by atoms with Crippen LogP contribution in [0.3, 0.4) is 0 Å². The molecule has 170 valence electrons. The number of benzene rings is 1. The summed E-state index contributed by atoms with van der Waals surface area (Å²) in [5, 5.41) is 3.24. The van der Waals surface area contributed by atoms with E-state index in [0.717, 1.165) is 90.6 Å². The second-order valence-electron chi connectivity index (χ2n) is 9.98. The molecule has 4 rings (SSSR count). The Hall–Kier alpha value is -1.88. The molecule has 1 aromatic carbocycles. The van der Waals surface area contributed by atoms with Gasteiger partial charge in [0.1, 0.15) is 0 Å². The molecule has 3 aliphatic rings. The average molecular weight is 426 g/mol. The second-order valence-corrected chi connectivity index (χ2v) is 9.98. The molecule has 2 saturated heterocycles. The van der Waals surface area contributed by atoms with Gasteiger partial charge in [0.15, 0.2) is 0 Å². The summed E-state index contributed by atoms with van der Waals surface area (Å²) in [4.78, 5) is 30.5. The predicted octanol–water partition coefficient (Wildman–Crippen LogP) is 3.75. The molecule has 0 spiro atoms. The molecule has 2 aliphatic heterocycles. The molecule has 5 nitrogen and oxygen atoms in total. The van der Waals surface area contributed by atoms with Crippen LogP contribution in [0.25, 0.3) is 0 Å². The number of piperidine rings is 1. The zero-order valence-electron chi connectivity index (χ0n) is 19.2. The van der Waals surface area contributed by atoms with Crippen LogP contribution < -0.4 is 5.32 Å². The Kier molecular flexibility index (Phi) is 7.65. The minimum atomic E-state index is -0.122. The van der Waals surface area contributed by atoms with Crippen molar-refractivity contribution in [1.29, 1.82) is 0 Å². The Morgan fingerprint density at radius 1 is 0.871 bits per heavy atom. The lowest BCUT2D eigenvalue weighted by Crippen LogP contribution is -2.46. The highest BCUT2D eigenvalue weighted by molar-refractivity contribution is 5.88. The smallest absolute Gasteiger partial charge is 0.226 e. The monoisotopic (exact) mass is 425 g/mol. The Labute approximate surface area is 187 Å². The molecule has 2 amide bonds. The number of amides is 2. The lowest BCUT2D eigenvalue weighted by molar-refractivity contribution is -0.143. The zero-order valence-corrected chi connectivity index (χ0v) is 19.2. The van der Waals surface area contributed by atoms with Gasteiger partial charge in [0, 0.05) is 38.0 Å². The average Bonchev–Trinajstić information content (AvgIpc) is 3.34. The first-order valence-electron chi connectivity index (χ1n) is 12.4. The van der Waals surface area contributed by atoms with E-state index in [9.17, 15) is 9.59 Å². The summed E-state index contributed by atoms with van der Waals surface area (Å²) < 4.78 is 0. The van der Waals surface area contributed by atoms with Crippen LogP contribution >= 0.6 is 0 Å². The zero-order chi connectivity index (χ0) is 21.6. The van der Waals surface area contributed by atoms with Crippen molar-refractivity contribution in [3.63, 3.8) is 0 Å². The fourth-order valence-electron chi connectivity index (χ4n) is 5.59. The first-order chi connectivity index (χ1) is 15.1. The van der Waals surface area contributed by atoms with Gasteiger partial charge in [-0.1, -0.05) is 42.7 Å². The summed E-state index contributed by atoms with van der Waals surface area (Å²) in [5.74, 6) is 0.697. The lowest BCUT2D eigenvalue weighted by atomic mass is 9.77. The fraction of sp³-hybridized carbons (Fsp3) is 0.692. The van der Waals surface area contributed by atoms with E-state index < -0.39 is 0 Å². The molecule has 0 bridgehead atoms. The molecule has 2 unspecified atom stereocenters. The summed E-state index contributed by atoms with van der Waals surface area (Å²) in [6.07, 6.45) is 8.37. The lowest BCUT2D eigenvalue weighted by Gasteiger charge is -2.34. The van der Waals surface area contributed by atoms with Crippen molar-refractivity contribution in [3.05, 3.63) is 35.4 Å². The molecule has 3 fully saturated rings. The first kappa shape index (κ1) is 22.3. The van der Waals surface area contributed by atoms with Crippen LogP contribution in [0.5, 0.6) is 0 Å². The van der Waals surface area contributed by atoms with Gasteiger partial charge in [0.05, 0.1) is 0 Å². The summed E-state index contributed by atoms with van der Waals surface area (Å²) in [7, 11) is 0. The van der Waals surface area contributed by atoms with E-state index in [2.05, 4.69) is 41.4 Å². The van der Waals surface area contributed by atoms with Gasteiger partial charge in [-0.3, -0.25) is 14.5 Å². The maximum absolute atomic E-state index is 13.0. The number of carbonyl (C=O) groups excluding carboxylic acids is 2. The SMILES string of the molecule is Cc1ccc(CN2CCC(CNC(=O)C3CCCCC3C(=O)N3CCCC3)CC2)cc1. The van der Waals surface area contributed by atoms with E-state index in [1.807, 2.05) is 4.90 Å². The topological polar surface area (TPSA) is 52.7 Å². The molecule has 1 N–H and O–H groups in total. The van der Waals surface area contributed by atoms with Gasteiger partial charge in [0.2, 0.25) is 11.8 Å². The Balaban J connectivity index is 1.22. The normalized spacial score (nSPS) is 25.5. The highest BCUT2D eigenvalue weighted by atomic mass is 16.2. The van der Waals surface area contributed by atoms with Crippen LogP contribution in [0.15, 0.2) is 24.3 Å². The van der Waals surface area contributed by atoms with Gasteiger partial charge >= 0.3 is 0 Å². The van der Waals surface area contributed by atoms with Crippen molar-refractivity contribution in [2.45, 2.75) is 64.8 Å². The first-order valence-corrected chi connectivity index (χ1v) is 12.4. The van der Waals surface area contributed by atoms with Gasteiger partial charge in [-0.15, -0.1) is 0 Å². The third-order valence-corrected chi connectivity index (χ3v) is 7.64. The summed E-state index contributed by atoms with van der Waals surface area (Å²) in [6, 6.07) is 8.83.